The Balaban J connectivity index is 1.81. The first-order valence-corrected chi connectivity index (χ1v) is 10.3. The number of nitrogens with two attached hydrogens (primary N) is 1. The lowest BCUT2D eigenvalue weighted by Gasteiger charge is -2.37. The van der Waals surface area contributed by atoms with Crippen LogP contribution in [0.25, 0.3) is 11.1 Å². The SMILES string of the molecule is CNc1ncnc2c1=C(C)/C(=N/OC)C1=CC(C)(NC3CCC(N)CC3)C=CC=21. The van der Waals surface area contributed by atoms with Crippen molar-refractivity contribution in [1.82, 2.24) is 15.3 Å². The van der Waals surface area contributed by atoms with Gasteiger partial charge in [0.1, 0.15) is 25.0 Å². The van der Waals surface area contributed by atoms with Gasteiger partial charge in [0.2, 0.25) is 0 Å². The Morgan fingerprint density at radius 3 is 2.69 bits per heavy atom. The third-order valence-corrected chi connectivity index (χ3v) is 6.12. The molecule has 154 valence electrons. The molecule has 3 aliphatic carbocycles. The number of anilines is 1. The van der Waals surface area contributed by atoms with Crippen molar-refractivity contribution in [1.29, 1.82) is 0 Å². The van der Waals surface area contributed by atoms with E-state index in [4.69, 9.17) is 10.6 Å². The Kier molecular flexibility index (Phi) is 5.27. The van der Waals surface area contributed by atoms with Gasteiger partial charge in [-0.1, -0.05) is 23.4 Å². The van der Waals surface area contributed by atoms with Crippen molar-refractivity contribution >= 4 is 22.7 Å². The highest BCUT2D eigenvalue weighted by molar-refractivity contribution is 6.33. The molecule has 0 aliphatic heterocycles. The topological polar surface area (TPSA) is 97.5 Å². The van der Waals surface area contributed by atoms with Crippen molar-refractivity contribution in [3.05, 3.63) is 40.7 Å². The number of hydrogen-bond acceptors (Lipinski definition) is 7. The molecule has 7 nitrogen and oxygen atoms in total. The van der Waals surface area contributed by atoms with Crippen LogP contribution in [-0.4, -0.2) is 47.5 Å². The first-order chi connectivity index (χ1) is 14.0. The molecule has 1 aromatic heterocycles. The summed E-state index contributed by atoms with van der Waals surface area (Å²) in [7, 11) is 3.45. The molecule has 1 heterocycles. The Hall–Kier alpha value is -2.51. The second kappa shape index (κ2) is 7.72. The van der Waals surface area contributed by atoms with Crippen LogP contribution in [0.2, 0.25) is 0 Å². The molecule has 0 spiro atoms. The molecule has 0 radical (unpaired) electrons. The highest BCUT2D eigenvalue weighted by Crippen LogP contribution is 2.31. The Labute approximate surface area is 171 Å². The van der Waals surface area contributed by atoms with E-state index in [0.717, 1.165) is 64.5 Å². The average Bonchev–Trinajstić information content (AvgIpc) is 2.72. The van der Waals surface area contributed by atoms with Gasteiger partial charge in [-0.15, -0.1) is 0 Å². The summed E-state index contributed by atoms with van der Waals surface area (Å²) in [5.74, 6) is 0.793. The third-order valence-electron chi connectivity index (χ3n) is 6.12. The normalized spacial score (nSPS) is 30.0. The van der Waals surface area contributed by atoms with Crippen LogP contribution in [0.3, 0.4) is 0 Å². The molecule has 1 atom stereocenters. The van der Waals surface area contributed by atoms with E-state index in [0.29, 0.717) is 12.1 Å². The minimum absolute atomic E-state index is 0.268. The van der Waals surface area contributed by atoms with Gasteiger partial charge in [-0.25, -0.2) is 9.97 Å². The summed E-state index contributed by atoms with van der Waals surface area (Å²) in [5, 5.41) is 13.3. The van der Waals surface area contributed by atoms with Crippen LogP contribution in [0.15, 0.2) is 35.3 Å². The van der Waals surface area contributed by atoms with Gasteiger partial charge in [0, 0.05) is 35.5 Å². The van der Waals surface area contributed by atoms with Crippen LogP contribution >= 0.6 is 0 Å². The van der Waals surface area contributed by atoms with Gasteiger partial charge in [0.05, 0.1) is 10.9 Å². The molecule has 0 bridgehead atoms. The van der Waals surface area contributed by atoms with Gasteiger partial charge in [0.25, 0.3) is 0 Å². The fourth-order valence-corrected chi connectivity index (χ4v) is 4.63. The van der Waals surface area contributed by atoms with E-state index < -0.39 is 0 Å². The van der Waals surface area contributed by atoms with Gasteiger partial charge in [-0.3, -0.25) is 0 Å². The summed E-state index contributed by atoms with van der Waals surface area (Å²) in [4.78, 5) is 14.2. The predicted molar refractivity (Wildman–Crippen MR) is 117 cm³/mol. The van der Waals surface area contributed by atoms with Crippen LogP contribution in [0.5, 0.6) is 0 Å². The molecule has 1 aromatic rings. The number of oxime groups is 1. The van der Waals surface area contributed by atoms with Crippen LogP contribution in [-0.2, 0) is 4.84 Å². The molecular weight excluding hydrogens is 364 g/mol. The average molecular weight is 395 g/mol. The lowest BCUT2D eigenvalue weighted by molar-refractivity contribution is 0.214. The first kappa shape index (κ1) is 19.8. The molecule has 4 N–H and O–H groups in total. The van der Waals surface area contributed by atoms with Crippen molar-refractivity contribution in [2.75, 3.05) is 19.5 Å². The molecule has 29 heavy (non-hydrogen) atoms. The summed E-state index contributed by atoms with van der Waals surface area (Å²) in [6.07, 6.45) is 12.6. The monoisotopic (exact) mass is 394 g/mol. The minimum atomic E-state index is -0.268. The molecule has 3 aliphatic rings. The Morgan fingerprint density at radius 1 is 1.24 bits per heavy atom. The van der Waals surface area contributed by atoms with E-state index in [9.17, 15) is 0 Å². The summed E-state index contributed by atoms with van der Waals surface area (Å²) in [6, 6.07) is 0.805. The van der Waals surface area contributed by atoms with E-state index in [-0.39, 0.29) is 5.54 Å². The highest BCUT2D eigenvalue weighted by Gasteiger charge is 2.32. The zero-order valence-corrected chi connectivity index (χ0v) is 17.6. The molecule has 1 fully saturated rings. The lowest BCUT2D eigenvalue weighted by atomic mass is 9.80. The van der Waals surface area contributed by atoms with Crippen molar-refractivity contribution in [3.63, 3.8) is 0 Å². The predicted octanol–water partition coefficient (Wildman–Crippen LogP) is 0.970. The number of rotatable bonds is 4. The van der Waals surface area contributed by atoms with E-state index in [1.54, 1.807) is 13.4 Å². The maximum atomic E-state index is 6.08. The number of allylic oxidation sites excluding steroid dienone is 2. The number of fused-ring (bicyclic) bond motifs is 2. The molecule has 0 amide bonds. The van der Waals surface area contributed by atoms with Gasteiger partial charge in [-0.05, 0) is 45.1 Å². The van der Waals surface area contributed by atoms with Crippen molar-refractivity contribution in [2.45, 2.75) is 57.2 Å². The number of nitrogens with zero attached hydrogens (tertiary/aromatic N) is 3. The number of hydrogen-bond donors (Lipinski definition) is 3. The fourth-order valence-electron chi connectivity index (χ4n) is 4.63. The van der Waals surface area contributed by atoms with Crippen LogP contribution < -0.4 is 26.9 Å². The molecule has 4 rings (SSSR count). The maximum Gasteiger partial charge on any atom is 0.137 e. The van der Waals surface area contributed by atoms with Crippen molar-refractivity contribution in [3.8, 4) is 0 Å². The van der Waals surface area contributed by atoms with Gasteiger partial charge in [-0.2, -0.15) is 0 Å². The molecule has 0 aromatic carbocycles. The smallest absolute Gasteiger partial charge is 0.137 e. The standard InChI is InChI=1S/C22H30N6O/c1-13-18-20(25-12-26-21(18)24-3)16-9-10-22(2,11-17(16)19(13)28-29-4)27-15-7-5-14(23)6-8-15/h9-12,14-15,27H,5-8,23H2,1-4H3,(H,24,25,26)/b28-19-. The van der Waals surface area contributed by atoms with E-state index >= 15 is 0 Å². The van der Waals surface area contributed by atoms with E-state index in [1.165, 1.54) is 0 Å². The second-order valence-corrected chi connectivity index (χ2v) is 8.29. The zero-order valence-electron chi connectivity index (χ0n) is 17.6. The molecular formula is C22H30N6O. The fraction of sp³-hybridized carbons (Fsp3) is 0.500. The molecule has 7 heteroatoms. The summed E-state index contributed by atoms with van der Waals surface area (Å²) in [5.41, 5.74) is 9.73. The summed E-state index contributed by atoms with van der Waals surface area (Å²) >= 11 is 0. The van der Waals surface area contributed by atoms with Crippen molar-refractivity contribution < 1.29 is 4.84 Å². The van der Waals surface area contributed by atoms with E-state index in [1.807, 2.05) is 14.0 Å². The van der Waals surface area contributed by atoms with Crippen LogP contribution in [0.4, 0.5) is 5.82 Å². The van der Waals surface area contributed by atoms with Crippen LogP contribution in [0.1, 0.15) is 39.5 Å². The molecule has 1 unspecified atom stereocenters. The highest BCUT2D eigenvalue weighted by atomic mass is 16.6. The summed E-state index contributed by atoms with van der Waals surface area (Å²) < 4.78 is 0. The second-order valence-electron chi connectivity index (χ2n) is 8.29. The van der Waals surface area contributed by atoms with Crippen LogP contribution in [0, 0.1) is 0 Å². The third kappa shape index (κ3) is 3.60. The maximum absolute atomic E-state index is 6.08. The van der Waals surface area contributed by atoms with Crippen molar-refractivity contribution in [2.24, 2.45) is 10.9 Å². The Morgan fingerprint density at radius 2 is 2.00 bits per heavy atom. The largest absolute Gasteiger partial charge is 0.399 e. The first-order valence-electron chi connectivity index (χ1n) is 10.3. The quantitative estimate of drug-likeness (QED) is 0.659. The number of nitrogens with one attached hydrogen (secondary N) is 2. The summed E-state index contributed by atoms with van der Waals surface area (Å²) in [6.45, 7) is 4.25. The number of aromatic nitrogens is 2. The molecule has 0 saturated heterocycles. The van der Waals surface area contributed by atoms with Gasteiger partial charge < -0.3 is 21.2 Å². The lowest BCUT2D eigenvalue weighted by Crippen LogP contribution is -2.50. The minimum Gasteiger partial charge on any atom is -0.399 e. The van der Waals surface area contributed by atoms with E-state index in [2.05, 4.69) is 50.9 Å². The zero-order chi connectivity index (χ0) is 20.6. The Bertz CT molecular complexity index is 1020. The molecule has 1 saturated carbocycles. The van der Waals surface area contributed by atoms with Gasteiger partial charge in [0.15, 0.2) is 0 Å². The van der Waals surface area contributed by atoms with Gasteiger partial charge >= 0.3 is 0 Å².